The van der Waals surface area contributed by atoms with Crippen molar-refractivity contribution in [2.24, 2.45) is 0 Å². The first-order chi connectivity index (χ1) is 8.31. The third-order valence-electron chi connectivity index (χ3n) is 2.88. The zero-order chi connectivity index (χ0) is 12.1. The Morgan fingerprint density at radius 1 is 1.65 bits per heavy atom. The van der Waals surface area contributed by atoms with Gasteiger partial charge in [-0.3, -0.25) is 4.79 Å². The molecule has 0 aliphatic carbocycles. The van der Waals surface area contributed by atoms with Gasteiger partial charge < -0.3 is 14.6 Å². The number of nitrogens with zero attached hydrogens (tertiary/aromatic N) is 2. The molecule has 17 heavy (non-hydrogen) atoms. The van der Waals surface area contributed by atoms with Gasteiger partial charge in [0.05, 0.1) is 12.6 Å². The molecule has 2 rings (SSSR count). The van der Waals surface area contributed by atoms with Gasteiger partial charge in [-0.05, 0) is 19.3 Å². The molecule has 5 heteroatoms. The highest BCUT2D eigenvalue weighted by Crippen LogP contribution is 2.09. The lowest BCUT2D eigenvalue weighted by Gasteiger charge is -2.23. The normalized spacial score (nSPS) is 20.2. The van der Waals surface area contributed by atoms with Crippen molar-refractivity contribution in [1.82, 2.24) is 9.55 Å². The van der Waals surface area contributed by atoms with Gasteiger partial charge in [-0.25, -0.2) is 4.98 Å². The van der Waals surface area contributed by atoms with Crippen LogP contribution in [0.4, 0.5) is 5.82 Å². The molecule has 2 heterocycles. The van der Waals surface area contributed by atoms with E-state index in [2.05, 4.69) is 17.2 Å². The van der Waals surface area contributed by atoms with Crippen molar-refractivity contribution in [2.45, 2.75) is 38.8 Å². The molecule has 1 aromatic heterocycles. The van der Waals surface area contributed by atoms with E-state index in [1.54, 1.807) is 17.0 Å². The molecule has 1 aromatic rings. The van der Waals surface area contributed by atoms with E-state index < -0.39 is 0 Å². The van der Waals surface area contributed by atoms with Gasteiger partial charge >= 0.3 is 0 Å². The fourth-order valence-corrected chi connectivity index (χ4v) is 2.01. The molecule has 1 fully saturated rings. The third-order valence-corrected chi connectivity index (χ3v) is 2.88. The number of ether oxygens (including phenoxy) is 1. The third kappa shape index (κ3) is 3.06. The Balaban J connectivity index is 2.09. The Labute approximate surface area is 101 Å². The molecule has 1 saturated heterocycles. The van der Waals surface area contributed by atoms with E-state index in [0.717, 1.165) is 32.4 Å². The Bertz CT molecular complexity index is 410. The Morgan fingerprint density at radius 2 is 2.53 bits per heavy atom. The van der Waals surface area contributed by atoms with Gasteiger partial charge in [-0.15, -0.1) is 0 Å². The van der Waals surface area contributed by atoms with Crippen LogP contribution in [0.25, 0.3) is 0 Å². The van der Waals surface area contributed by atoms with Gasteiger partial charge in [0.1, 0.15) is 0 Å². The Kier molecular flexibility index (Phi) is 4.14. The predicted octanol–water partition coefficient (Wildman–Crippen LogP) is 1.24. The van der Waals surface area contributed by atoms with E-state index in [4.69, 9.17) is 4.74 Å². The molecule has 1 N–H and O–H groups in total. The summed E-state index contributed by atoms with van der Waals surface area (Å²) >= 11 is 0. The highest BCUT2D eigenvalue weighted by Gasteiger charge is 2.15. The zero-order valence-corrected chi connectivity index (χ0v) is 10.2. The molecule has 0 spiro atoms. The van der Waals surface area contributed by atoms with E-state index in [0.29, 0.717) is 12.4 Å². The van der Waals surface area contributed by atoms with Crippen LogP contribution >= 0.6 is 0 Å². The second-order valence-corrected chi connectivity index (χ2v) is 4.33. The molecular formula is C12H19N3O2. The Hall–Kier alpha value is -1.36. The van der Waals surface area contributed by atoms with Crippen molar-refractivity contribution in [3.63, 3.8) is 0 Å². The molecule has 1 aliphatic heterocycles. The van der Waals surface area contributed by atoms with Crippen molar-refractivity contribution in [1.29, 1.82) is 0 Å². The molecule has 5 nitrogen and oxygen atoms in total. The van der Waals surface area contributed by atoms with E-state index in [1.165, 1.54) is 0 Å². The maximum absolute atomic E-state index is 12.0. The molecule has 0 amide bonds. The SMILES string of the molecule is CCCn1ccnc(NC2CCCOC2)c1=O. The summed E-state index contributed by atoms with van der Waals surface area (Å²) in [6, 6.07) is 0.210. The van der Waals surface area contributed by atoms with Crippen molar-refractivity contribution >= 4 is 5.82 Å². The summed E-state index contributed by atoms with van der Waals surface area (Å²) in [6.45, 7) is 4.26. The van der Waals surface area contributed by atoms with E-state index in [-0.39, 0.29) is 11.6 Å². The van der Waals surface area contributed by atoms with Crippen molar-refractivity contribution in [2.75, 3.05) is 18.5 Å². The van der Waals surface area contributed by atoms with Crippen LogP contribution in [0.1, 0.15) is 26.2 Å². The lowest BCUT2D eigenvalue weighted by atomic mass is 10.1. The summed E-state index contributed by atoms with van der Waals surface area (Å²) in [5, 5.41) is 3.18. The highest BCUT2D eigenvalue weighted by molar-refractivity contribution is 5.32. The van der Waals surface area contributed by atoms with Crippen LogP contribution < -0.4 is 10.9 Å². The van der Waals surface area contributed by atoms with Gasteiger partial charge in [0.25, 0.3) is 5.56 Å². The maximum Gasteiger partial charge on any atom is 0.293 e. The largest absolute Gasteiger partial charge is 0.379 e. The quantitative estimate of drug-likeness (QED) is 0.856. The summed E-state index contributed by atoms with van der Waals surface area (Å²) in [5.74, 6) is 0.441. The smallest absolute Gasteiger partial charge is 0.293 e. The van der Waals surface area contributed by atoms with Crippen LogP contribution in [0.5, 0.6) is 0 Å². The van der Waals surface area contributed by atoms with E-state index in [9.17, 15) is 4.79 Å². The molecule has 0 bridgehead atoms. The highest BCUT2D eigenvalue weighted by atomic mass is 16.5. The first-order valence-corrected chi connectivity index (χ1v) is 6.21. The average Bonchev–Trinajstić information content (AvgIpc) is 2.36. The maximum atomic E-state index is 12.0. The van der Waals surface area contributed by atoms with Gasteiger partial charge in [0.15, 0.2) is 5.82 Å². The van der Waals surface area contributed by atoms with Crippen LogP contribution in [0.2, 0.25) is 0 Å². The fourth-order valence-electron chi connectivity index (χ4n) is 2.01. The minimum atomic E-state index is -0.0417. The fraction of sp³-hybridized carbons (Fsp3) is 0.667. The number of aromatic nitrogens is 2. The van der Waals surface area contributed by atoms with Crippen LogP contribution in [0.15, 0.2) is 17.2 Å². The van der Waals surface area contributed by atoms with Gasteiger partial charge in [-0.2, -0.15) is 0 Å². The van der Waals surface area contributed by atoms with Crippen molar-refractivity contribution in [3.8, 4) is 0 Å². The molecule has 94 valence electrons. The summed E-state index contributed by atoms with van der Waals surface area (Å²) in [5.41, 5.74) is -0.0417. The summed E-state index contributed by atoms with van der Waals surface area (Å²) < 4.78 is 7.07. The number of hydrogen-bond donors (Lipinski definition) is 1. The topological polar surface area (TPSA) is 56.1 Å². The van der Waals surface area contributed by atoms with Gasteiger partial charge in [0, 0.05) is 25.5 Å². The minimum Gasteiger partial charge on any atom is -0.379 e. The van der Waals surface area contributed by atoms with Gasteiger partial charge in [-0.1, -0.05) is 6.92 Å². The predicted molar refractivity (Wildman–Crippen MR) is 66.3 cm³/mol. The minimum absolute atomic E-state index is 0.0417. The van der Waals surface area contributed by atoms with Crippen molar-refractivity contribution < 1.29 is 4.74 Å². The first-order valence-electron chi connectivity index (χ1n) is 6.21. The van der Waals surface area contributed by atoms with Gasteiger partial charge in [0.2, 0.25) is 0 Å². The van der Waals surface area contributed by atoms with Crippen LogP contribution in [0, 0.1) is 0 Å². The summed E-state index contributed by atoms with van der Waals surface area (Å²) in [6.07, 6.45) is 6.41. The van der Waals surface area contributed by atoms with Crippen LogP contribution in [-0.2, 0) is 11.3 Å². The molecule has 1 unspecified atom stereocenters. The van der Waals surface area contributed by atoms with Crippen LogP contribution in [-0.4, -0.2) is 28.8 Å². The number of anilines is 1. The molecule has 0 aromatic carbocycles. The molecule has 0 saturated carbocycles. The average molecular weight is 237 g/mol. The monoisotopic (exact) mass is 237 g/mol. The lowest BCUT2D eigenvalue weighted by molar-refractivity contribution is 0.0874. The molecule has 1 aliphatic rings. The summed E-state index contributed by atoms with van der Waals surface area (Å²) in [7, 11) is 0. The van der Waals surface area contributed by atoms with Crippen LogP contribution in [0.3, 0.4) is 0 Å². The van der Waals surface area contributed by atoms with Crippen molar-refractivity contribution in [3.05, 3.63) is 22.7 Å². The second-order valence-electron chi connectivity index (χ2n) is 4.33. The lowest BCUT2D eigenvalue weighted by Crippen LogP contribution is -2.34. The number of hydrogen-bond acceptors (Lipinski definition) is 4. The Morgan fingerprint density at radius 3 is 3.24 bits per heavy atom. The van der Waals surface area contributed by atoms with E-state index >= 15 is 0 Å². The molecule has 1 atom stereocenters. The summed E-state index contributed by atoms with van der Waals surface area (Å²) in [4.78, 5) is 16.1. The first kappa shape index (κ1) is 12.1. The molecule has 0 radical (unpaired) electrons. The number of rotatable bonds is 4. The zero-order valence-electron chi connectivity index (χ0n) is 10.2. The second kappa shape index (κ2) is 5.82. The van der Waals surface area contributed by atoms with E-state index in [1.807, 2.05) is 0 Å². The standard InChI is InChI=1S/C12H19N3O2/c1-2-6-15-7-5-13-11(12(15)16)14-10-4-3-8-17-9-10/h5,7,10H,2-4,6,8-9H2,1H3,(H,13,14). The number of nitrogens with one attached hydrogen (secondary N) is 1. The number of aryl methyl sites for hydroxylation is 1. The molecular weight excluding hydrogens is 218 g/mol.